The van der Waals surface area contributed by atoms with E-state index in [-0.39, 0.29) is 11.8 Å². The number of carbonyl (C=O) groups is 1. The minimum Gasteiger partial charge on any atom is -0.354 e. The molecule has 1 aromatic carbocycles. The second kappa shape index (κ2) is 8.03. The summed E-state index contributed by atoms with van der Waals surface area (Å²) in [6.07, 6.45) is 5.45. The Morgan fingerprint density at radius 1 is 1.07 bits per heavy atom. The molecule has 1 unspecified atom stereocenters. The number of aromatic nitrogens is 4. The highest BCUT2D eigenvalue weighted by Gasteiger charge is 2.27. The molecule has 3 heterocycles. The van der Waals surface area contributed by atoms with Crippen molar-refractivity contribution in [3.8, 4) is 5.82 Å². The van der Waals surface area contributed by atoms with Gasteiger partial charge in [-0.3, -0.25) is 9.36 Å². The Bertz CT molecular complexity index is 990. The molecule has 1 fully saturated rings. The van der Waals surface area contributed by atoms with E-state index >= 15 is 0 Å². The van der Waals surface area contributed by atoms with Gasteiger partial charge in [-0.1, -0.05) is 6.07 Å². The Kier molecular flexibility index (Phi) is 5.29. The molecule has 0 radical (unpaired) electrons. The van der Waals surface area contributed by atoms with Crippen LogP contribution >= 0.6 is 0 Å². The maximum atomic E-state index is 12.8. The van der Waals surface area contributed by atoms with Crippen molar-refractivity contribution in [3.05, 3.63) is 59.7 Å². The Morgan fingerprint density at radius 2 is 1.79 bits per heavy atom. The molecule has 0 aliphatic carbocycles. The molecule has 1 aliphatic heterocycles. The van der Waals surface area contributed by atoms with Crippen molar-refractivity contribution < 1.29 is 4.79 Å². The summed E-state index contributed by atoms with van der Waals surface area (Å²) in [5.41, 5.74) is 3.16. The van der Waals surface area contributed by atoms with Gasteiger partial charge in [-0.2, -0.15) is 0 Å². The highest BCUT2D eigenvalue weighted by molar-refractivity contribution is 5.93. The minimum absolute atomic E-state index is 0.0676. The number of amides is 1. The first kappa shape index (κ1) is 19.1. The number of hydrogen-bond donors (Lipinski definition) is 1. The molecule has 1 saturated heterocycles. The van der Waals surface area contributed by atoms with Gasteiger partial charge in [-0.15, -0.1) is 10.2 Å². The summed E-state index contributed by atoms with van der Waals surface area (Å²) in [5, 5.41) is 11.8. The first-order valence-corrected chi connectivity index (χ1v) is 9.98. The summed E-state index contributed by atoms with van der Waals surface area (Å²) in [4.78, 5) is 19.2. The average Bonchev–Trinajstić information content (AvgIpc) is 3.13. The number of imidazole rings is 1. The van der Waals surface area contributed by atoms with Crippen LogP contribution in [0.15, 0.2) is 42.7 Å². The lowest BCUT2D eigenvalue weighted by atomic mass is 9.97. The van der Waals surface area contributed by atoms with E-state index in [0.717, 1.165) is 53.7 Å². The highest BCUT2D eigenvalue weighted by atomic mass is 16.1. The van der Waals surface area contributed by atoms with E-state index in [1.54, 1.807) is 6.20 Å². The third-order valence-electron chi connectivity index (χ3n) is 5.31. The summed E-state index contributed by atoms with van der Waals surface area (Å²) in [6, 6.07) is 10.0. The van der Waals surface area contributed by atoms with Crippen molar-refractivity contribution in [2.24, 2.45) is 5.92 Å². The fraction of sp³-hybridized carbons (Fsp3) is 0.364. The van der Waals surface area contributed by atoms with Crippen LogP contribution in [0, 0.1) is 26.7 Å². The zero-order valence-electron chi connectivity index (χ0n) is 17.1. The maximum absolute atomic E-state index is 12.8. The molecule has 0 saturated carbocycles. The number of benzene rings is 1. The van der Waals surface area contributed by atoms with Crippen LogP contribution in [0.4, 0.5) is 11.5 Å². The Morgan fingerprint density at radius 3 is 2.45 bits per heavy atom. The summed E-state index contributed by atoms with van der Waals surface area (Å²) < 4.78 is 1.90. The third kappa shape index (κ3) is 4.29. The van der Waals surface area contributed by atoms with Crippen LogP contribution in [0.3, 0.4) is 0 Å². The van der Waals surface area contributed by atoms with Crippen molar-refractivity contribution in [2.45, 2.75) is 33.6 Å². The van der Waals surface area contributed by atoms with Crippen LogP contribution in [-0.2, 0) is 4.79 Å². The molecule has 7 nitrogen and oxygen atoms in total. The fourth-order valence-electron chi connectivity index (χ4n) is 3.93. The zero-order chi connectivity index (χ0) is 20.4. The smallest absolute Gasteiger partial charge is 0.229 e. The van der Waals surface area contributed by atoms with Gasteiger partial charge in [-0.25, -0.2) is 4.98 Å². The second-order valence-corrected chi connectivity index (χ2v) is 7.74. The van der Waals surface area contributed by atoms with Gasteiger partial charge in [0, 0.05) is 31.2 Å². The molecule has 150 valence electrons. The van der Waals surface area contributed by atoms with E-state index in [9.17, 15) is 4.79 Å². The molecule has 2 aromatic heterocycles. The lowest BCUT2D eigenvalue weighted by molar-refractivity contribution is -0.120. The lowest BCUT2D eigenvalue weighted by Gasteiger charge is -2.32. The van der Waals surface area contributed by atoms with Crippen molar-refractivity contribution >= 4 is 17.4 Å². The molecule has 29 heavy (non-hydrogen) atoms. The largest absolute Gasteiger partial charge is 0.354 e. The van der Waals surface area contributed by atoms with Gasteiger partial charge in [0.25, 0.3) is 0 Å². The number of nitrogens with one attached hydrogen (secondary N) is 1. The molecule has 1 N–H and O–H groups in total. The molecule has 3 aromatic rings. The predicted molar refractivity (Wildman–Crippen MR) is 113 cm³/mol. The number of anilines is 2. The van der Waals surface area contributed by atoms with Crippen molar-refractivity contribution in [3.63, 3.8) is 0 Å². The highest BCUT2D eigenvalue weighted by Crippen LogP contribution is 2.24. The van der Waals surface area contributed by atoms with Crippen LogP contribution < -0.4 is 10.2 Å². The fourth-order valence-corrected chi connectivity index (χ4v) is 3.93. The number of aryl methyl sites for hydroxylation is 3. The Balaban J connectivity index is 1.44. The number of rotatable bonds is 4. The van der Waals surface area contributed by atoms with Gasteiger partial charge in [0.1, 0.15) is 5.82 Å². The van der Waals surface area contributed by atoms with Gasteiger partial charge in [0.2, 0.25) is 5.91 Å². The van der Waals surface area contributed by atoms with E-state index < -0.39 is 0 Å². The van der Waals surface area contributed by atoms with Crippen LogP contribution in [0.25, 0.3) is 5.82 Å². The summed E-state index contributed by atoms with van der Waals surface area (Å²) in [7, 11) is 0. The lowest BCUT2D eigenvalue weighted by Crippen LogP contribution is -2.41. The first-order chi connectivity index (χ1) is 14.0. The predicted octanol–water partition coefficient (Wildman–Crippen LogP) is 3.44. The maximum Gasteiger partial charge on any atom is 0.229 e. The number of hydrogen-bond acceptors (Lipinski definition) is 5. The molecule has 7 heteroatoms. The van der Waals surface area contributed by atoms with Crippen molar-refractivity contribution in [1.29, 1.82) is 0 Å². The first-order valence-electron chi connectivity index (χ1n) is 9.98. The topological polar surface area (TPSA) is 75.9 Å². The average molecular weight is 390 g/mol. The van der Waals surface area contributed by atoms with E-state index in [1.807, 2.05) is 55.8 Å². The Hall–Kier alpha value is -3.22. The monoisotopic (exact) mass is 390 g/mol. The number of carbonyl (C=O) groups excluding carboxylic acids is 1. The zero-order valence-corrected chi connectivity index (χ0v) is 17.1. The van der Waals surface area contributed by atoms with Gasteiger partial charge < -0.3 is 10.2 Å². The van der Waals surface area contributed by atoms with Gasteiger partial charge in [0.15, 0.2) is 11.6 Å². The van der Waals surface area contributed by atoms with Crippen molar-refractivity contribution in [2.75, 3.05) is 23.3 Å². The van der Waals surface area contributed by atoms with Crippen molar-refractivity contribution in [1.82, 2.24) is 19.7 Å². The van der Waals surface area contributed by atoms with Gasteiger partial charge in [-0.05, 0) is 69.0 Å². The standard InChI is InChI=1S/C22H26N6O/c1-15-11-16(2)13-19(12-15)24-22(29)18-5-4-9-27(14-18)20-6-7-21(26-25-20)28-10-8-23-17(28)3/h6-8,10-13,18H,4-5,9,14H2,1-3H3,(H,24,29). The molecule has 1 amide bonds. The van der Waals surface area contributed by atoms with E-state index in [1.165, 1.54) is 0 Å². The van der Waals surface area contributed by atoms with Crippen LogP contribution in [-0.4, -0.2) is 38.7 Å². The van der Waals surface area contributed by atoms with E-state index in [4.69, 9.17) is 0 Å². The molecule has 0 bridgehead atoms. The number of piperidine rings is 1. The summed E-state index contributed by atoms with van der Waals surface area (Å²) in [5.74, 6) is 2.41. The normalized spacial score (nSPS) is 16.7. The summed E-state index contributed by atoms with van der Waals surface area (Å²) >= 11 is 0. The molecular formula is C22H26N6O. The van der Waals surface area contributed by atoms with E-state index in [2.05, 4.69) is 31.5 Å². The third-order valence-corrected chi connectivity index (χ3v) is 5.31. The Labute approximate surface area is 170 Å². The summed E-state index contributed by atoms with van der Waals surface area (Å²) in [6.45, 7) is 7.54. The number of nitrogens with zero attached hydrogens (tertiary/aromatic N) is 5. The van der Waals surface area contributed by atoms with Gasteiger partial charge in [0.05, 0.1) is 5.92 Å². The second-order valence-electron chi connectivity index (χ2n) is 7.74. The molecule has 4 rings (SSSR count). The molecular weight excluding hydrogens is 364 g/mol. The quantitative estimate of drug-likeness (QED) is 0.738. The van der Waals surface area contributed by atoms with E-state index in [0.29, 0.717) is 6.54 Å². The van der Waals surface area contributed by atoms with Crippen LogP contribution in [0.2, 0.25) is 0 Å². The molecule has 1 aliphatic rings. The van der Waals surface area contributed by atoms with Crippen LogP contribution in [0.1, 0.15) is 29.8 Å². The van der Waals surface area contributed by atoms with Gasteiger partial charge >= 0.3 is 0 Å². The van der Waals surface area contributed by atoms with Crippen LogP contribution in [0.5, 0.6) is 0 Å². The molecule has 1 atom stereocenters. The SMILES string of the molecule is Cc1cc(C)cc(NC(=O)C2CCCN(c3ccc(-n4ccnc4C)nn3)C2)c1. The minimum atomic E-state index is -0.0676. The molecule has 0 spiro atoms.